The summed E-state index contributed by atoms with van der Waals surface area (Å²) in [5.41, 5.74) is 4.14. The van der Waals surface area contributed by atoms with E-state index in [0.29, 0.717) is 5.56 Å². The molecule has 1 fully saturated rings. The average molecular weight is 435 g/mol. The van der Waals surface area contributed by atoms with Crippen LogP contribution in [0.5, 0.6) is 0 Å². The monoisotopic (exact) mass is 435 g/mol. The number of fused-ring (bicyclic) bond motifs is 1. The number of carbonyl (C=O) groups excluding carboxylic acids is 3. The van der Waals surface area contributed by atoms with E-state index in [4.69, 9.17) is 15.2 Å². The van der Waals surface area contributed by atoms with Gasteiger partial charge in [-0.05, 0) is 12.5 Å². The number of nitrogens with two attached hydrogens (primary N) is 1. The van der Waals surface area contributed by atoms with Crippen molar-refractivity contribution in [1.82, 2.24) is 10.2 Å². The smallest absolute Gasteiger partial charge is 0.353 e. The first kappa shape index (κ1) is 21.8. The van der Waals surface area contributed by atoms with Crippen molar-refractivity contribution in [3.8, 4) is 0 Å². The number of carboxylic acids is 1. The molecule has 2 aliphatic rings. The molecule has 3 rings (SSSR count). The van der Waals surface area contributed by atoms with Gasteiger partial charge >= 0.3 is 11.9 Å². The average Bonchev–Trinajstić information content (AvgIpc) is 2.76. The van der Waals surface area contributed by atoms with Crippen LogP contribution in [0, 0.1) is 0 Å². The summed E-state index contributed by atoms with van der Waals surface area (Å²) in [7, 11) is 1.23. The Morgan fingerprint density at radius 1 is 1.37 bits per heavy atom. The molecule has 1 saturated heterocycles. The van der Waals surface area contributed by atoms with Gasteiger partial charge in [0, 0.05) is 12.9 Å². The lowest BCUT2D eigenvalue weighted by Crippen LogP contribution is -2.81. The molecule has 2 aliphatic heterocycles. The SMILES string of the molecule is CCOC(=O)C1=C(C(=O)O)N2C(=O)C(NC(=O)C(N)c3ccccc3)(OC)[C@H]2SC1. The van der Waals surface area contributed by atoms with Gasteiger partial charge in [0.15, 0.2) is 0 Å². The highest BCUT2D eigenvalue weighted by Gasteiger charge is 2.67. The quantitative estimate of drug-likeness (QED) is 0.305. The highest BCUT2D eigenvalue weighted by Crippen LogP contribution is 2.46. The zero-order valence-corrected chi connectivity index (χ0v) is 17.1. The number of β-lactam (4-membered cyclic amide) rings is 1. The van der Waals surface area contributed by atoms with Gasteiger partial charge in [0.05, 0.1) is 12.2 Å². The molecular weight excluding hydrogens is 414 g/mol. The molecule has 2 heterocycles. The Labute approximate surface area is 176 Å². The maximum Gasteiger partial charge on any atom is 0.353 e. The summed E-state index contributed by atoms with van der Waals surface area (Å²) in [4.78, 5) is 50.5. The molecule has 0 bridgehead atoms. The van der Waals surface area contributed by atoms with Crippen LogP contribution in [0.4, 0.5) is 0 Å². The van der Waals surface area contributed by atoms with Gasteiger partial charge in [-0.3, -0.25) is 14.5 Å². The third-order valence-corrected chi connectivity index (χ3v) is 6.14. The van der Waals surface area contributed by atoms with Crippen LogP contribution in [-0.4, -0.2) is 64.3 Å². The highest BCUT2D eigenvalue weighted by molar-refractivity contribution is 8.00. The molecule has 1 aromatic rings. The van der Waals surface area contributed by atoms with E-state index in [1.54, 1.807) is 37.3 Å². The normalized spacial score (nSPS) is 23.9. The minimum absolute atomic E-state index is 0.0272. The van der Waals surface area contributed by atoms with Gasteiger partial charge in [-0.1, -0.05) is 30.3 Å². The third-order valence-electron chi connectivity index (χ3n) is 4.83. The highest BCUT2D eigenvalue weighted by atomic mass is 32.2. The minimum atomic E-state index is -1.80. The minimum Gasteiger partial charge on any atom is -0.477 e. The van der Waals surface area contributed by atoms with Crippen molar-refractivity contribution in [3.63, 3.8) is 0 Å². The van der Waals surface area contributed by atoms with Crippen LogP contribution in [0.2, 0.25) is 0 Å². The second-order valence-corrected chi connectivity index (χ2v) is 7.58. The van der Waals surface area contributed by atoms with Gasteiger partial charge in [-0.15, -0.1) is 11.8 Å². The standard InChI is InChI=1S/C19H21N3O7S/c1-3-29-16(26)11-9-30-18-19(28-2,17(27)22(18)13(11)15(24)25)21-14(23)12(20)10-7-5-4-6-8-10/h4-8,12,18H,3,9,20H2,1-2H3,(H,21,23)(H,24,25)/t12?,18-,19?/m1/s1. The summed E-state index contributed by atoms with van der Waals surface area (Å²) >= 11 is 1.08. The van der Waals surface area contributed by atoms with Crippen LogP contribution >= 0.6 is 11.8 Å². The molecular formula is C19H21N3O7S. The number of hydrogen-bond acceptors (Lipinski definition) is 8. The van der Waals surface area contributed by atoms with E-state index in [1.807, 2.05) is 0 Å². The van der Waals surface area contributed by atoms with Crippen molar-refractivity contribution < 1.29 is 33.8 Å². The molecule has 3 atom stereocenters. The van der Waals surface area contributed by atoms with Gasteiger partial charge < -0.3 is 25.6 Å². The van der Waals surface area contributed by atoms with Crippen LogP contribution < -0.4 is 11.1 Å². The van der Waals surface area contributed by atoms with Crippen molar-refractivity contribution in [3.05, 3.63) is 47.2 Å². The number of carbonyl (C=O) groups is 4. The van der Waals surface area contributed by atoms with Gasteiger partial charge in [-0.25, -0.2) is 9.59 Å². The molecule has 4 N–H and O–H groups in total. The second-order valence-electron chi connectivity index (χ2n) is 6.51. The Morgan fingerprint density at radius 3 is 2.60 bits per heavy atom. The largest absolute Gasteiger partial charge is 0.477 e. The van der Waals surface area contributed by atoms with Gasteiger partial charge in [-0.2, -0.15) is 0 Å². The van der Waals surface area contributed by atoms with Gasteiger partial charge in [0.25, 0.3) is 11.6 Å². The molecule has 2 unspecified atom stereocenters. The van der Waals surface area contributed by atoms with Crippen molar-refractivity contribution in [2.24, 2.45) is 5.73 Å². The summed E-state index contributed by atoms with van der Waals surface area (Å²) in [6.45, 7) is 1.65. The fourth-order valence-corrected chi connectivity index (χ4v) is 4.75. The van der Waals surface area contributed by atoms with Gasteiger partial charge in [0.2, 0.25) is 5.91 Å². The molecule has 11 heteroatoms. The Bertz CT molecular complexity index is 920. The molecule has 0 spiro atoms. The van der Waals surface area contributed by atoms with E-state index in [9.17, 15) is 24.3 Å². The van der Waals surface area contributed by atoms with Crippen molar-refractivity contribution in [1.29, 1.82) is 0 Å². The van der Waals surface area contributed by atoms with Crippen molar-refractivity contribution >= 4 is 35.5 Å². The zero-order valence-electron chi connectivity index (χ0n) is 16.3. The number of nitrogens with one attached hydrogen (secondary N) is 1. The summed E-state index contributed by atoms with van der Waals surface area (Å²) in [6.07, 6.45) is 0. The molecule has 0 aromatic heterocycles. The molecule has 10 nitrogen and oxygen atoms in total. The number of benzene rings is 1. The number of esters is 1. The number of rotatable bonds is 7. The fourth-order valence-electron chi connectivity index (χ4n) is 3.33. The Morgan fingerprint density at radius 2 is 2.03 bits per heavy atom. The van der Waals surface area contributed by atoms with Crippen molar-refractivity contribution in [2.45, 2.75) is 24.1 Å². The second kappa shape index (κ2) is 8.46. The first-order chi connectivity index (χ1) is 14.3. The fraction of sp³-hybridized carbons (Fsp3) is 0.368. The zero-order chi connectivity index (χ0) is 22.1. The van der Waals surface area contributed by atoms with E-state index >= 15 is 0 Å². The maximum absolute atomic E-state index is 13.0. The number of thioether (sulfide) groups is 1. The summed E-state index contributed by atoms with van der Waals surface area (Å²) < 4.78 is 10.3. The lowest BCUT2D eigenvalue weighted by atomic mass is 9.97. The van der Waals surface area contributed by atoms with Crippen LogP contribution in [0.1, 0.15) is 18.5 Å². The van der Waals surface area contributed by atoms with Gasteiger partial charge in [0.1, 0.15) is 17.1 Å². The Hall–Kier alpha value is -2.89. The number of ether oxygens (including phenoxy) is 2. The number of nitrogens with zero attached hydrogens (tertiary/aromatic N) is 1. The van der Waals surface area contributed by atoms with Crippen LogP contribution in [-0.2, 0) is 28.7 Å². The number of amides is 2. The lowest BCUT2D eigenvalue weighted by molar-refractivity contribution is -0.193. The first-order valence-electron chi connectivity index (χ1n) is 9.05. The molecule has 0 aliphatic carbocycles. The van der Waals surface area contributed by atoms with E-state index < -0.39 is 46.6 Å². The van der Waals surface area contributed by atoms with Crippen LogP contribution in [0.3, 0.4) is 0 Å². The lowest BCUT2D eigenvalue weighted by Gasteiger charge is -2.55. The maximum atomic E-state index is 13.0. The predicted octanol–water partition coefficient (Wildman–Crippen LogP) is -0.0378. The van der Waals surface area contributed by atoms with Crippen LogP contribution in [0.25, 0.3) is 0 Å². The topological polar surface area (TPSA) is 148 Å². The molecule has 0 saturated carbocycles. The van der Waals surface area contributed by atoms with E-state index in [1.165, 1.54) is 7.11 Å². The Kier molecular flexibility index (Phi) is 6.15. The summed E-state index contributed by atoms with van der Waals surface area (Å²) in [5, 5.41) is 11.3. The molecule has 2 amide bonds. The van der Waals surface area contributed by atoms with E-state index in [0.717, 1.165) is 16.7 Å². The molecule has 1 aromatic carbocycles. The molecule has 160 valence electrons. The number of hydrogen-bond donors (Lipinski definition) is 3. The predicted molar refractivity (Wildman–Crippen MR) is 106 cm³/mol. The molecule has 0 radical (unpaired) electrons. The summed E-state index contributed by atoms with van der Waals surface area (Å²) in [5.74, 6) is -3.75. The van der Waals surface area contributed by atoms with E-state index in [-0.39, 0.29) is 17.9 Å². The molecule has 30 heavy (non-hydrogen) atoms. The van der Waals surface area contributed by atoms with E-state index in [2.05, 4.69) is 5.32 Å². The van der Waals surface area contributed by atoms with Crippen LogP contribution in [0.15, 0.2) is 41.6 Å². The Balaban J connectivity index is 1.88. The number of carboxylic acid groups (broad SMARTS) is 1. The number of methoxy groups -OCH3 is 1. The third kappa shape index (κ3) is 3.44. The van der Waals surface area contributed by atoms with Crippen molar-refractivity contribution in [2.75, 3.05) is 19.5 Å². The first-order valence-corrected chi connectivity index (χ1v) is 10.1. The number of aliphatic carboxylic acids is 1. The summed E-state index contributed by atoms with van der Waals surface area (Å²) in [6, 6.07) is 7.51.